The molecule has 0 saturated carbocycles. The molecule has 15 heavy (non-hydrogen) atoms. The minimum absolute atomic E-state index is 0.229. The average molecular weight is 270 g/mol. The quantitative estimate of drug-likeness (QED) is 0.887. The van der Waals surface area contributed by atoms with Crippen LogP contribution in [0, 0.1) is 0 Å². The van der Waals surface area contributed by atoms with Gasteiger partial charge in [0.25, 0.3) is 0 Å². The van der Waals surface area contributed by atoms with Crippen LogP contribution in [0.2, 0.25) is 0 Å². The first-order valence-electron chi connectivity index (χ1n) is 4.92. The van der Waals surface area contributed by atoms with Crippen LogP contribution in [0.4, 0.5) is 5.69 Å². The van der Waals surface area contributed by atoms with E-state index in [1.165, 1.54) is 5.56 Å². The van der Waals surface area contributed by atoms with Crippen LogP contribution in [0.3, 0.4) is 0 Å². The van der Waals surface area contributed by atoms with E-state index in [0.29, 0.717) is 6.42 Å². The normalized spacial score (nSPS) is 18.3. The fourth-order valence-corrected chi connectivity index (χ4v) is 2.29. The van der Waals surface area contributed by atoms with Gasteiger partial charge in [-0.2, -0.15) is 0 Å². The Kier molecular flexibility index (Phi) is 2.95. The van der Waals surface area contributed by atoms with Crippen molar-refractivity contribution in [1.82, 2.24) is 0 Å². The maximum Gasteiger partial charge on any atom is 0.303 e. The summed E-state index contributed by atoms with van der Waals surface area (Å²) in [6.07, 6.45) is 1.83. The molecule has 0 aromatic heterocycles. The third-order valence-electron chi connectivity index (χ3n) is 2.60. The minimum Gasteiger partial charge on any atom is -0.481 e. The van der Waals surface area contributed by atoms with Crippen molar-refractivity contribution in [2.75, 3.05) is 5.32 Å². The van der Waals surface area contributed by atoms with E-state index in [9.17, 15) is 4.79 Å². The molecule has 1 unspecified atom stereocenters. The summed E-state index contributed by atoms with van der Waals surface area (Å²) < 4.78 is 1.07. The Balaban J connectivity index is 2.00. The largest absolute Gasteiger partial charge is 0.481 e. The van der Waals surface area contributed by atoms with Gasteiger partial charge in [-0.1, -0.05) is 15.9 Å². The summed E-state index contributed by atoms with van der Waals surface area (Å²) in [5.41, 5.74) is 2.40. The van der Waals surface area contributed by atoms with Gasteiger partial charge in [-0.15, -0.1) is 0 Å². The van der Waals surface area contributed by atoms with E-state index in [-0.39, 0.29) is 12.5 Å². The zero-order valence-corrected chi connectivity index (χ0v) is 9.75. The van der Waals surface area contributed by atoms with Gasteiger partial charge in [0.05, 0.1) is 0 Å². The lowest BCUT2D eigenvalue weighted by atomic mass is 10.1. The third-order valence-corrected chi connectivity index (χ3v) is 3.09. The predicted molar refractivity (Wildman–Crippen MR) is 62.1 cm³/mol. The molecule has 1 aliphatic heterocycles. The van der Waals surface area contributed by atoms with Crippen molar-refractivity contribution in [1.29, 1.82) is 0 Å². The number of hydrogen-bond donors (Lipinski definition) is 2. The van der Waals surface area contributed by atoms with Crippen LogP contribution in [0.25, 0.3) is 0 Å². The van der Waals surface area contributed by atoms with Crippen LogP contribution in [0.15, 0.2) is 22.7 Å². The fraction of sp³-hybridized carbons (Fsp3) is 0.364. The first-order chi connectivity index (χ1) is 7.15. The summed E-state index contributed by atoms with van der Waals surface area (Å²) in [5, 5.41) is 11.9. The number of carboxylic acids is 1. The minimum atomic E-state index is -0.728. The zero-order chi connectivity index (χ0) is 10.8. The van der Waals surface area contributed by atoms with Crippen molar-refractivity contribution in [2.24, 2.45) is 0 Å². The standard InChI is InChI=1S/C11H12BrNO2/c12-8-1-3-10-7(5-8)6-9(13-10)2-4-11(14)15/h1,3,5,9,13H,2,4,6H2,(H,14,15). The van der Waals surface area contributed by atoms with Crippen LogP contribution in [0.5, 0.6) is 0 Å². The molecule has 0 aliphatic carbocycles. The van der Waals surface area contributed by atoms with Gasteiger partial charge in [0.2, 0.25) is 0 Å². The number of fused-ring (bicyclic) bond motifs is 1. The molecule has 0 fully saturated rings. The average Bonchev–Trinajstić information content (AvgIpc) is 2.56. The third kappa shape index (κ3) is 2.50. The lowest BCUT2D eigenvalue weighted by Gasteiger charge is -2.08. The van der Waals surface area contributed by atoms with E-state index < -0.39 is 5.97 Å². The summed E-state index contributed by atoms with van der Waals surface area (Å²) in [5.74, 6) is -0.728. The molecule has 0 radical (unpaired) electrons. The Labute approximate surface area is 96.6 Å². The molecule has 0 bridgehead atoms. The highest BCUT2D eigenvalue weighted by atomic mass is 79.9. The summed E-state index contributed by atoms with van der Waals surface area (Å²) in [4.78, 5) is 10.4. The van der Waals surface area contributed by atoms with Crippen LogP contribution in [0.1, 0.15) is 18.4 Å². The van der Waals surface area contributed by atoms with E-state index in [4.69, 9.17) is 5.11 Å². The van der Waals surface area contributed by atoms with Gasteiger partial charge in [0.1, 0.15) is 0 Å². The van der Waals surface area contributed by atoms with Crippen molar-refractivity contribution in [2.45, 2.75) is 25.3 Å². The molecule has 1 aromatic carbocycles. The van der Waals surface area contributed by atoms with Crippen LogP contribution >= 0.6 is 15.9 Å². The second-order valence-corrected chi connectivity index (χ2v) is 4.69. The first kappa shape index (κ1) is 10.5. The van der Waals surface area contributed by atoms with Crippen LogP contribution in [-0.4, -0.2) is 17.1 Å². The van der Waals surface area contributed by atoms with Gasteiger partial charge in [0.15, 0.2) is 0 Å². The summed E-state index contributed by atoms with van der Waals surface area (Å²) >= 11 is 3.43. The van der Waals surface area contributed by atoms with Gasteiger partial charge in [-0.3, -0.25) is 4.79 Å². The maximum absolute atomic E-state index is 10.4. The molecule has 1 aliphatic rings. The Hall–Kier alpha value is -1.03. The van der Waals surface area contributed by atoms with Gasteiger partial charge in [-0.05, 0) is 36.6 Å². The van der Waals surface area contributed by atoms with Crippen molar-refractivity contribution < 1.29 is 9.90 Å². The zero-order valence-electron chi connectivity index (χ0n) is 8.16. The van der Waals surface area contributed by atoms with E-state index >= 15 is 0 Å². The molecule has 1 aromatic rings. The monoisotopic (exact) mass is 269 g/mol. The number of rotatable bonds is 3. The van der Waals surface area contributed by atoms with E-state index in [0.717, 1.165) is 16.6 Å². The predicted octanol–water partition coefficient (Wildman–Crippen LogP) is 2.65. The van der Waals surface area contributed by atoms with Crippen molar-refractivity contribution in [3.63, 3.8) is 0 Å². The number of anilines is 1. The number of hydrogen-bond acceptors (Lipinski definition) is 2. The first-order valence-corrected chi connectivity index (χ1v) is 5.71. The lowest BCUT2D eigenvalue weighted by Crippen LogP contribution is -2.16. The molecule has 80 valence electrons. The van der Waals surface area contributed by atoms with E-state index in [1.54, 1.807) is 0 Å². The highest BCUT2D eigenvalue weighted by Gasteiger charge is 2.20. The lowest BCUT2D eigenvalue weighted by molar-refractivity contribution is -0.137. The second-order valence-electron chi connectivity index (χ2n) is 3.78. The Morgan fingerprint density at radius 2 is 2.40 bits per heavy atom. The van der Waals surface area contributed by atoms with E-state index in [1.807, 2.05) is 12.1 Å². The molecular formula is C11H12BrNO2. The van der Waals surface area contributed by atoms with Crippen molar-refractivity contribution in [3.05, 3.63) is 28.2 Å². The molecule has 0 amide bonds. The highest BCUT2D eigenvalue weighted by Crippen LogP contribution is 2.29. The SMILES string of the molecule is O=C(O)CCC1Cc2cc(Br)ccc2N1. The molecule has 0 spiro atoms. The summed E-state index contributed by atoms with van der Waals surface area (Å²) in [7, 11) is 0. The highest BCUT2D eigenvalue weighted by molar-refractivity contribution is 9.10. The maximum atomic E-state index is 10.4. The van der Waals surface area contributed by atoms with Gasteiger partial charge in [0, 0.05) is 22.6 Å². The van der Waals surface area contributed by atoms with Crippen LogP contribution in [-0.2, 0) is 11.2 Å². The number of carbonyl (C=O) groups is 1. The topological polar surface area (TPSA) is 49.3 Å². The number of carboxylic acid groups (broad SMARTS) is 1. The van der Waals surface area contributed by atoms with E-state index in [2.05, 4.69) is 27.3 Å². The molecule has 1 heterocycles. The molecule has 1 atom stereocenters. The molecule has 0 saturated heterocycles. The van der Waals surface area contributed by atoms with Crippen LogP contribution < -0.4 is 5.32 Å². The van der Waals surface area contributed by atoms with Gasteiger partial charge < -0.3 is 10.4 Å². The Bertz CT molecular complexity index is 392. The molecule has 2 rings (SSSR count). The Morgan fingerprint density at radius 3 is 3.13 bits per heavy atom. The Morgan fingerprint density at radius 1 is 1.60 bits per heavy atom. The summed E-state index contributed by atoms with van der Waals surface area (Å²) in [6.45, 7) is 0. The number of benzene rings is 1. The number of halogens is 1. The fourth-order valence-electron chi connectivity index (χ4n) is 1.88. The van der Waals surface area contributed by atoms with Crippen molar-refractivity contribution in [3.8, 4) is 0 Å². The number of aliphatic carboxylic acids is 1. The smallest absolute Gasteiger partial charge is 0.303 e. The van der Waals surface area contributed by atoms with Crippen molar-refractivity contribution >= 4 is 27.6 Å². The molecular weight excluding hydrogens is 258 g/mol. The van der Waals surface area contributed by atoms with Gasteiger partial charge in [-0.25, -0.2) is 0 Å². The molecule has 2 N–H and O–H groups in total. The summed E-state index contributed by atoms with van der Waals surface area (Å²) in [6, 6.07) is 6.37. The number of nitrogens with one attached hydrogen (secondary N) is 1. The second kappa shape index (κ2) is 4.23. The molecule has 3 nitrogen and oxygen atoms in total. The van der Waals surface area contributed by atoms with Gasteiger partial charge >= 0.3 is 5.97 Å². The molecule has 4 heteroatoms.